The van der Waals surface area contributed by atoms with E-state index in [0.717, 1.165) is 0 Å². The Balaban J connectivity index is 2.32. The largest absolute Gasteiger partial charge is 0.274 e. The van der Waals surface area contributed by atoms with Gasteiger partial charge in [0.05, 0.1) is 12.1 Å². The van der Waals surface area contributed by atoms with E-state index in [1.807, 2.05) is 6.07 Å². The number of amides is 1. The molecule has 0 bridgehead atoms. The fourth-order valence-electron chi connectivity index (χ4n) is 1.31. The first-order chi connectivity index (χ1) is 7.18. The molecule has 5 heteroatoms. The molecule has 0 radical (unpaired) electrons. The third-order valence-electron chi connectivity index (χ3n) is 2.00. The highest BCUT2D eigenvalue weighted by Gasteiger charge is 2.28. The third-order valence-corrected chi connectivity index (χ3v) is 2.22. The van der Waals surface area contributed by atoms with Crippen LogP contribution in [0.1, 0.15) is 6.42 Å². The van der Waals surface area contributed by atoms with E-state index in [1.54, 1.807) is 24.3 Å². The van der Waals surface area contributed by atoms with Gasteiger partial charge < -0.3 is 0 Å². The molecule has 15 heavy (non-hydrogen) atoms. The molecule has 1 amide bonds. The molecule has 76 valence electrons. The molecule has 0 saturated carbocycles. The number of hydrogen-bond donors (Lipinski definition) is 0. The summed E-state index contributed by atoms with van der Waals surface area (Å²) < 4.78 is 0. The number of halogens is 1. The van der Waals surface area contributed by atoms with Crippen molar-refractivity contribution in [1.29, 1.82) is 0 Å². The predicted molar refractivity (Wildman–Crippen MR) is 56.8 cm³/mol. The lowest BCUT2D eigenvalue weighted by molar-refractivity contribution is -0.117. The van der Waals surface area contributed by atoms with Crippen molar-refractivity contribution >= 4 is 34.1 Å². The summed E-state index contributed by atoms with van der Waals surface area (Å²) in [7, 11) is 0. The van der Waals surface area contributed by atoms with Crippen LogP contribution in [0.4, 0.5) is 5.69 Å². The summed E-state index contributed by atoms with van der Waals surface area (Å²) in [6.07, 6.45) is -0.0305. The topological polar surface area (TPSA) is 49.7 Å². The molecule has 1 aromatic carbocycles. The number of hydrazone groups is 1. The van der Waals surface area contributed by atoms with Crippen LogP contribution in [0, 0.1) is 0 Å². The Hall–Kier alpha value is -1.68. The van der Waals surface area contributed by atoms with Crippen LogP contribution in [0.2, 0.25) is 0 Å². The molecule has 1 aromatic rings. The van der Waals surface area contributed by atoms with Gasteiger partial charge in [-0.2, -0.15) is 10.1 Å². The van der Waals surface area contributed by atoms with Gasteiger partial charge in [0.1, 0.15) is 5.71 Å². The van der Waals surface area contributed by atoms with E-state index in [9.17, 15) is 9.59 Å². The maximum absolute atomic E-state index is 11.5. The van der Waals surface area contributed by atoms with Crippen molar-refractivity contribution < 1.29 is 9.59 Å². The van der Waals surface area contributed by atoms with Gasteiger partial charge in [0, 0.05) is 0 Å². The number of nitrogens with zero attached hydrogens (tertiary/aromatic N) is 2. The first-order valence-electron chi connectivity index (χ1n) is 4.34. The van der Waals surface area contributed by atoms with Crippen LogP contribution in [-0.2, 0) is 9.59 Å². The molecule has 0 saturated heterocycles. The second-order valence-corrected chi connectivity index (χ2v) is 3.38. The molecule has 1 aliphatic heterocycles. The van der Waals surface area contributed by atoms with Gasteiger partial charge in [0.2, 0.25) is 0 Å². The number of rotatable bonds is 2. The summed E-state index contributed by atoms with van der Waals surface area (Å²) in [4.78, 5) is 22.3. The fraction of sp³-hybridized carbons (Fsp3) is 0.100. The normalized spacial score (nSPS) is 15.4. The van der Waals surface area contributed by atoms with Crippen molar-refractivity contribution in [3.05, 3.63) is 30.3 Å². The molecule has 0 atom stereocenters. The molecule has 0 fully saturated rings. The Morgan fingerprint density at radius 3 is 2.53 bits per heavy atom. The molecular weight excluding hydrogens is 216 g/mol. The predicted octanol–water partition coefficient (Wildman–Crippen LogP) is 1.54. The summed E-state index contributed by atoms with van der Waals surface area (Å²) in [5.74, 6) is -0.245. The molecule has 0 aliphatic carbocycles. The van der Waals surface area contributed by atoms with Crippen LogP contribution in [0.5, 0.6) is 0 Å². The summed E-state index contributed by atoms with van der Waals surface area (Å²) in [5.41, 5.74) is 0.723. The van der Waals surface area contributed by atoms with Crippen LogP contribution >= 0.6 is 11.6 Å². The van der Waals surface area contributed by atoms with E-state index in [-0.39, 0.29) is 18.0 Å². The van der Waals surface area contributed by atoms with Crippen molar-refractivity contribution in [2.24, 2.45) is 5.10 Å². The summed E-state index contributed by atoms with van der Waals surface area (Å²) in [6.45, 7) is 0. The second kappa shape index (κ2) is 3.82. The highest BCUT2D eigenvalue weighted by Crippen LogP contribution is 2.20. The number of benzene rings is 1. The zero-order valence-electron chi connectivity index (χ0n) is 7.68. The smallest absolute Gasteiger partial charge is 0.269 e. The zero-order valence-corrected chi connectivity index (χ0v) is 8.44. The molecule has 0 N–H and O–H groups in total. The van der Waals surface area contributed by atoms with E-state index < -0.39 is 5.24 Å². The van der Waals surface area contributed by atoms with Gasteiger partial charge in [-0.3, -0.25) is 9.59 Å². The van der Waals surface area contributed by atoms with Gasteiger partial charge in [-0.05, 0) is 23.7 Å². The first kappa shape index (κ1) is 9.86. The number of anilines is 1. The van der Waals surface area contributed by atoms with Gasteiger partial charge in [-0.1, -0.05) is 18.2 Å². The Morgan fingerprint density at radius 1 is 1.33 bits per heavy atom. The molecule has 1 heterocycles. The van der Waals surface area contributed by atoms with Gasteiger partial charge >= 0.3 is 0 Å². The molecule has 4 nitrogen and oxygen atoms in total. The van der Waals surface area contributed by atoms with Crippen molar-refractivity contribution in [1.82, 2.24) is 0 Å². The van der Waals surface area contributed by atoms with Crippen LogP contribution in [0.25, 0.3) is 0 Å². The summed E-state index contributed by atoms with van der Waals surface area (Å²) >= 11 is 5.25. The minimum Gasteiger partial charge on any atom is -0.274 e. The van der Waals surface area contributed by atoms with Gasteiger partial charge in [0.15, 0.2) is 0 Å². The zero-order chi connectivity index (χ0) is 10.8. The molecule has 0 unspecified atom stereocenters. The maximum atomic E-state index is 11.5. The second-order valence-electron chi connectivity index (χ2n) is 3.04. The lowest BCUT2D eigenvalue weighted by Crippen LogP contribution is -2.19. The minimum absolute atomic E-state index is 0.0305. The number of carbonyl (C=O) groups excluding carboxylic acids is 2. The van der Waals surface area contributed by atoms with E-state index in [4.69, 9.17) is 11.6 Å². The van der Waals surface area contributed by atoms with E-state index in [0.29, 0.717) is 5.69 Å². The monoisotopic (exact) mass is 222 g/mol. The van der Waals surface area contributed by atoms with E-state index >= 15 is 0 Å². The third kappa shape index (κ3) is 1.89. The molecule has 2 rings (SSSR count). The average molecular weight is 223 g/mol. The van der Waals surface area contributed by atoms with Crippen LogP contribution < -0.4 is 5.01 Å². The van der Waals surface area contributed by atoms with Crippen molar-refractivity contribution in [3.8, 4) is 0 Å². The van der Waals surface area contributed by atoms with Crippen LogP contribution in [0.15, 0.2) is 35.4 Å². The fourth-order valence-corrected chi connectivity index (χ4v) is 1.41. The molecule has 0 aromatic heterocycles. The van der Waals surface area contributed by atoms with Crippen LogP contribution in [0.3, 0.4) is 0 Å². The van der Waals surface area contributed by atoms with Crippen molar-refractivity contribution in [2.45, 2.75) is 6.42 Å². The summed E-state index contributed by atoms with van der Waals surface area (Å²) in [6, 6.07) is 8.89. The summed E-state index contributed by atoms with van der Waals surface area (Å²) in [5, 5.41) is 4.37. The highest BCUT2D eigenvalue weighted by atomic mass is 35.5. The van der Waals surface area contributed by atoms with Crippen molar-refractivity contribution in [2.75, 3.05) is 5.01 Å². The molecule has 1 aliphatic rings. The van der Waals surface area contributed by atoms with Gasteiger partial charge in [-0.25, -0.2) is 0 Å². The van der Waals surface area contributed by atoms with Gasteiger partial charge in [0.25, 0.3) is 11.1 Å². The standard InChI is InChI=1S/C10H7ClN2O2/c11-10(15)8-6-9(14)13(12-8)7-4-2-1-3-5-7/h1-5H,6H2. The first-order valence-corrected chi connectivity index (χ1v) is 4.71. The van der Waals surface area contributed by atoms with E-state index in [2.05, 4.69) is 5.10 Å². The Labute approximate surface area is 91.1 Å². The number of hydrogen-bond acceptors (Lipinski definition) is 3. The van der Waals surface area contributed by atoms with Gasteiger partial charge in [-0.15, -0.1) is 0 Å². The maximum Gasteiger partial charge on any atom is 0.269 e. The minimum atomic E-state index is -0.679. The average Bonchev–Trinajstić information content (AvgIpc) is 2.62. The Kier molecular flexibility index (Phi) is 2.51. The molecule has 0 spiro atoms. The number of para-hydroxylation sites is 1. The van der Waals surface area contributed by atoms with Crippen molar-refractivity contribution in [3.63, 3.8) is 0 Å². The lowest BCUT2D eigenvalue weighted by Gasteiger charge is -2.10. The molecular formula is C10H7ClN2O2. The lowest BCUT2D eigenvalue weighted by atomic mass is 10.3. The quantitative estimate of drug-likeness (QED) is 0.713. The number of carbonyl (C=O) groups is 2. The Bertz CT molecular complexity index is 442. The van der Waals surface area contributed by atoms with E-state index in [1.165, 1.54) is 5.01 Å². The SMILES string of the molecule is O=C(Cl)C1=NN(c2ccccc2)C(=O)C1. The highest BCUT2D eigenvalue weighted by molar-refractivity contribution is 6.83. The Morgan fingerprint density at radius 2 is 2.00 bits per heavy atom. The van der Waals surface area contributed by atoms with Crippen LogP contribution in [-0.4, -0.2) is 16.9 Å².